The predicted molar refractivity (Wildman–Crippen MR) is 54.6 cm³/mol. The maximum Gasteiger partial charge on any atom is 0.271 e. The normalized spacial score (nSPS) is 12.1. The lowest BCUT2D eigenvalue weighted by molar-refractivity contribution is -0.384. The molecule has 74 valence electrons. The molecule has 0 aliphatic heterocycles. The van der Waals surface area contributed by atoms with Crippen LogP contribution in [0.4, 0.5) is 11.4 Å². The number of nitrogen functional groups attached to an aromatic ring is 1. The third kappa shape index (κ3) is 1.89. The van der Waals surface area contributed by atoms with Crippen LogP contribution in [0.2, 0.25) is 0 Å². The third-order valence-corrected chi connectivity index (χ3v) is 1.89. The van der Waals surface area contributed by atoms with Gasteiger partial charge < -0.3 is 11.5 Å². The molecule has 0 heterocycles. The van der Waals surface area contributed by atoms with Crippen LogP contribution in [0.5, 0.6) is 0 Å². The topological polar surface area (TPSA) is 95.2 Å². The van der Waals surface area contributed by atoms with Crippen molar-refractivity contribution in [1.82, 2.24) is 0 Å². The first kappa shape index (κ1) is 10.2. The van der Waals surface area contributed by atoms with Crippen molar-refractivity contribution < 1.29 is 4.92 Å². The molecule has 0 aromatic heterocycles. The van der Waals surface area contributed by atoms with Crippen LogP contribution in [0.25, 0.3) is 0 Å². The summed E-state index contributed by atoms with van der Waals surface area (Å²) in [4.78, 5) is 9.90. The summed E-state index contributed by atoms with van der Waals surface area (Å²) in [6.07, 6.45) is 1.53. The first-order chi connectivity index (χ1) is 6.56. The van der Waals surface area contributed by atoms with Crippen LogP contribution in [-0.4, -0.2) is 4.92 Å². The number of nitro groups is 1. The summed E-state index contributed by atoms with van der Waals surface area (Å²) >= 11 is 0. The number of nitrogens with zero attached hydrogens (tertiary/aromatic N) is 1. The molecule has 5 heteroatoms. The van der Waals surface area contributed by atoms with Crippen LogP contribution >= 0.6 is 0 Å². The van der Waals surface area contributed by atoms with Crippen molar-refractivity contribution in [2.24, 2.45) is 5.73 Å². The van der Waals surface area contributed by atoms with Gasteiger partial charge >= 0.3 is 0 Å². The zero-order chi connectivity index (χ0) is 10.7. The van der Waals surface area contributed by atoms with Crippen LogP contribution in [-0.2, 0) is 0 Å². The van der Waals surface area contributed by atoms with E-state index < -0.39 is 11.0 Å². The minimum Gasteiger partial charge on any atom is -0.398 e. The van der Waals surface area contributed by atoms with E-state index in [0.29, 0.717) is 11.3 Å². The number of benzene rings is 1. The van der Waals surface area contributed by atoms with Crippen LogP contribution in [0, 0.1) is 10.1 Å². The first-order valence-corrected chi connectivity index (χ1v) is 3.98. The summed E-state index contributed by atoms with van der Waals surface area (Å²) in [7, 11) is 0. The number of non-ortho nitro benzene ring substituents is 1. The molecule has 0 aliphatic carbocycles. The molecule has 0 spiro atoms. The maximum absolute atomic E-state index is 10.4. The van der Waals surface area contributed by atoms with Crippen molar-refractivity contribution in [3.63, 3.8) is 0 Å². The molecule has 0 saturated carbocycles. The van der Waals surface area contributed by atoms with Gasteiger partial charge in [-0.25, -0.2) is 0 Å². The Kier molecular flexibility index (Phi) is 2.83. The van der Waals surface area contributed by atoms with Gasteiger partial charge in [-0.2, -0.15) is 0 Å². The summed E-state index contributed by atoms with van der Waals surface area (Å²) in [5.74, 6) is 0. The van der Waals surface area contributed by atoms with Crippen molar-refractivity contribution in [2.75, 3.05) is 5.73 Å². The quantitative estimate of drug-likeness (QED) is 0.328. The van der Waals surface area contributed by atoms with Gasteiger partial charge in [0.1, 0.15) is 0 Å². The molecular formula is C9H11N3O2. The second kappa shape index (κ2) is 3.89. The van der Waals surface area contributed by atoms with Gasteiger partial charge in [0, 0.05) is 23.9 Å². The standard InChI is InChI=1S/C9H11N3O2/c1-2-8(10)7-4-3-6(12(13)14)5-9(7)11/h2-5,8H,1,10-11H2/t8-/m0/s1. The summed E-state index contributed by atoms with van der Waals surface area (Å²) < 4.78 is 0. The number of rotatable bonds is 3. The molecule has 5 nitrogen and oxygen atoms in total. The smallest absolute Gasteiger partial charge is 0.271 e. The molecule has 0 radical (unpaired) electrons. The highest BCUT2D eigenvalue weighted by molar-refractivity contribution is 5.55. The molecule has 4 N–H and O–H groups in total. The highest BCUT2D eigenvalue weighted by atomic mass is 16.6. The van der Waals surface area contributed by atoms with Gasteiger partial charge in [-0.05, 0) is 11.6 Å². The monoisotopic (exact) mass is 193 g/mol. The molecule has 0 unspecified atom stereocenters. The molecule has 0 saturated heterocycles. The van der Waals surface area contributed by atoms with E-state index in [2.05, 4.69) is 6.58 Å². The van der Waals surface area contributed by atoms with Crippen molar-refractivity contribution >= 4 is 11.4 Å². The van der Waals surface area contributed by atoms with Gasteiger partial charge in [-0.1, -0.05) is 6.08 Å². The molecule has 1 aromatic carbocycles. The molecule has 1 atom stereocenters. The molecule has 0 bridgehead atoms. The number of hydrogen-bond acceptors (Lipinski definition) is 4. The van der Waals surface area contributed by atoms with E-state index in [4.69, 9.17) is 11.5 Å². The predicted octanol–water partition coefficient (Wildman–Crippen LogP) is 1.36. The summed E-state index contributed by atoms with van der Waals surface area (Å²) in [6, 6.07) is 3.81. The third-order valence-electron chi connectivity index (χ3n) is 1.89. The van der Waals surface area contributed by atoms with Gasteiger partial charge in [0.15, 0.2) is 0 Å². The molecule has 1 aromatic rings. The Balaban J connectivity index is 3.13. The van der Waals surface area contributed by atoms with Crippen LogP contribution in [0.3, 0.4) is 0 Å². The highest BCUT2D eigenvalue weighted by Gasteiger charge is 2.11. The molecule has 14 heavy (non-hydrogen) atoms. The van der Waals surface area contributed by atoms with Gasteiger partial charge in [-0.3, -0.25) is 10.1 Å². The van der Waals surface area contributed by atoms with Crippen molar-refractivity contribution in [1.29, 1.82) is 0 Å². The summed E-state index contributed by atoms with van der Waals surface area (Å²) in [6.45, 7) is 3.52. The van der Waals surface area contributed by atoms with Gasteiger partial charge in [0.05, 0.1) is 4.92 Å². The van der Waals surface area contributed by atoms with Crippen molar-refractivity contribution in [3.05, 3.63) is 46.5 Å². The number of hydrogen-bond donors (Lipinski definition) is 2. The zero-order valence-corrected chi connectivity index (χ0v) is 7.51. The lowest BCUT2D eigenvalue weighted by atomic mass is 10.1. The minimum absolute atomic E-state index is 0.0393. The van der Waals surface area contributed by atoms with Gasteiger partial charge in [-0.15, -0.1) is 6.58 Å². The largest absolute Gasteiger partial charge is 0.398 e. The van der Waals surface area contributed by atoms with E-state index in [0.717, 1.165) is 0 Å². The van der Waals surface area contributed by atoms with E-state index in [1.165, 1.54) is 18.2 Å². The van der Waals surface area contributed by atoms with Crippen LogP contribution < -0.4 is 11.5 Å². The molecule has 0 fully saturated rings. The first-order valence-electron chi connectivity index (χ1n) is 3.98. The Morgan fingerprint density at radius 2 is 2.21 bits per heavy atom. The number of anilines is 1. The SMILES string of the molecule is C=C[C@H](N)c1ccc([N+](=O)[O-])cc1N. The molecule has 1 rings (SSSR count). The Bertz CT molecular complexity index is 376. The summed E-state index contributed by atoms with van der Waals surface area (Å²) in [5, 5.41) is 10.4. The second-order valence-corrected chi connectivity index (χ2v) is 2.83. The fourth-order valence-corrected chi connectivity index (χ4v) is 1.11. The average Bonchev–Trinajstić information content (AvgIpc) is 2.16. The summed E-state index contributed by atoms with van der Waals surface area (Å²) in [5.41, 5.74) is 12.2. The Morgan fingerprint density at radius 1 is 1.57 bits per heavy atom. The van der Waals surface area contributed by atoms with E-state index in [1.54, 1.807) is 6.07 Å². The van der Waals surface area contributed by atoms with E-state index in [-0.39, 0.29) is 5.69 Å². The van der Waals surface area contributed by atoms with Gasteiger partial charge in [0.25, 0.3) is 5.69 Å². The minimum atomic E-state index is -0.500. The fraction of sp³-hybridized carbons (Fsp3) is 0.111. The van der Waals surface area contributed by atoms with Crippen LogP contribution in [0.15, 0.2) is 30.9 Å². The Labute approximate surface area is 81.2 Å². The fourth-order valence-electron chi connectivity index (χ4n) is 1.11. The van der Waals surface area contributed by atoms with Gasteiger partial charge in [0.2, 0.25) is 0 Å². The van der Waals surface area contributed by atoms with Crippen molar-refractivity contribution in [3.8, 4) is 0 Å². The van der Waals surface area contributed by atoms with Crippen molar-refractivity contribution in [2.45, 2.75) is 6.04 Å². The molecule has 0 aliphatic rings. The van der Waals surface area contributed by atoms with Crippen LogP contribution in [0.1, 0.15) is 11.6 Å². The Morgan fingerprint density at radius 3 is 2.64 bits per heavy atom. The van der Waals surface area contributed by atoms with E-state index in [1.807, 2.05) is 0 Å². The molecule has 0 amide bonds. The second-order valence-electron chi connectivity index (χ2n) is 2.83. The highest BCUT2D eigenvalue weighted by Crippen LogP contribution is 2.24. The van der Waals surface area contributed by atoms with E-state index in [9.17, 15) is 10.1 Å². The lowest BCUT2D eigenvalue weighted by Crippen LogP contribution is -2.09. The number of nitro benzene ring substituents is 1. The maximum atomic E-state index is 10.4. The Hall–Kier alpha value is -1.88. The molecular weight excluding hydrogens is 182 g/mol. The number of nitrogens with two attached hydrogens (primary N) is 2. The van der Waals surface area contributed by atoms with E-state index >= 15 is 0 Å². The zero-order valence-electron chi connectivity index (χ0n) is 7.51. The average molecular weight is 193 g/mol. The lowest BCUT2D eigenvalue weighted by Gasteiger charge is -2.09.